The van der Waals surface area contributed by atoms with Crippen molar-refractivity contribution in [3.8, 4) is 12.3 Å². The van der Waals surface area contributed by atoms with Crippen LogP contribution in [-0.4, -0.2) is 23.5 Å². The van der Waals surface area contributed by atoms with E-state index < -0.39 is 11.9 Å². The predicted molar refractivity (Wildman–Crippen MR) is 46.8 cm³/mol. The van der Waals surface area contributed by atoms with Crippen LogP contribution in [0.4, 0.5) is 0 Å². The number of amides is 1. The summed E-state index contributed by atoms with van der Waals surface area (Å²) in [7, 11) is 0. The van der Waals surface area contributed by atoms with E-state index >= 15 is 0 Å². The minimum Gasteiger partial charge on any atom is -0.475 e. The van der Waals surface area contributed by atoms with Crippen LogP contribution in [0.3, 0.4) is 0 Å². The van der Waals surface area contributed by atoms with Crippen LogP contribution in [0.25, 0.3) is 0 Å². The zero-order chi connectivity index (χ0) is 10.6. The van der Waals surface area contributed by atoms with Crippen LogP contribution >= 0.6 is 0 Å². The van der Waals surface area contributed by atoms with E-state index in [0.29, 0.717) is 0 Å². The summed E-state index contributed by atoms with van der Waals surface area (Å²) < 4.78 is 4.72. The lowest BCUT2D eigenvalue weighted by Crippen LogP contribution is -2.22. The number of carbonyl (C=O) groups is 2. The van der Waals surface area contributed by atoms with Gasteiger partial charge in [-0.3, -0.25) is 4.79 Å². The van der Waals surface area contributed by atoms with E-state index in [4.69, 9.17) is 15.9 Å². The molecule has 2 N–H and O–H groups in total. The Morgan fingerprint density at radius 3 is 2.64 bits per heavy atom. The quantitative estimate of drug-likeness (QED) is 0.678. The van der Waals surface area contributed by atoms with Crippen molar-refractivity contribution in [2.24, 2.45) is 0 Å². The SMILES string of the molecule is C#CCNC(=O)c1ccc(C(=O)O)o1. The van der Waals surface area contributed by atoms with E-state index in [1.807, 2.05) is 0 Å². The first kappa shape index (κ1) is 9.86. The first-order valence-electron chi connectivity index (χ1n) is 3.70. The smallest absolute Gasteiger partial charge is 0.371 e. The molecule has 14 heavy (non-hydrogen) atoms. The molecule has 0 aliphatic carbocycles. The normalized spacial score (nSPS) is 9.07. The van der Waals surface area contributed by atoms with Crippen molar-refractivity contribution < 1.29 is 19.1 Å². The molecule has 0 saturated heterocycles. The van der Waals surface area contributed by atoms with Crippen molar-refractivity contribution in [1.82, 2.24) is 5.32 Å². The van der Waals surface area contributed by atoms with Gasteiger partial charge in [-0.15, -0.1) is 6.42 Å². The monoisotopic (exact) mass is 193 g/mol. The van der Waals surface area contributed by atoms with E-state index in [2.05, 4.69) is 11.2 Å². The van der Waals surface area contributed by atoms with Crippen LogP contribution in [0.2, 0.25) is 0 Å². The fraction of sp³-hybridized carbons (Fsp3) is 0.111. The van der Waals surface area contributed by atoms with E-state index in [-0.39, 0.29) is 18.1 Å². The zero-order valence-corrected chi connectivity index (χ0v) is 7.11. The molecule has 0 saturated carbocycles. The average Bonchev–Trinajstić information content (AvgIpc) is 2.62. The number of carbonyl (C=O) groups excluding carboxylic acids is 1. The highest BCUT2D eigenvalue weighted by molar-refractivity contribution is 5.93. The molecule has 0 fully saturated rings. The molecule has 1 rings (SSSR count). The Labute approximate surface area is 79.7 Å². The lowest BCUT2D eigenvalue weighted by atomic mass is 10.4. The molecule has 0 radical (unpaired) electrons. The number of nitrogens with one attached hydrogen (secondary N) is 1. The maximum atomic E-state index is 11.1. The summed E-state index contributed by atoms with van der Waals surface area (Å²) in [4.78, 5) is 21.5. The average molecular weight is 193 g/mol. The molecule has 0 spiro atoms. The number of furan rings is 1. The van der Waals surface area contributed by atoms with Crippen LogP contribution in [-0.2, 0) is 0 Å². The van der Waals surface area contributed by atoms with Gasteiger partial charge in [0.2, 0.25) is 5.76 Å². The Bertz CT molecular complexity index is 399. The minimum atomic E-state index is -1.22. The number of rotatable bonds is 3. The Morgan fingerprint density at radius 1 is 1.50 bits per heavy atom. The molecular weight excluding hydrogens is 186 g/mol. The van der Waals surface area contributed by atoms with Crippen molar-refractivity contribution in [3.05, 3.63) is 23.7 Å². The molecule has 0 aliphatic heterocycles. The highest BCUT2D eigenvalue weighted by atomic mass is 16.4. The third kappa shape index (κ3) is 2.14. The van der Waals surface area contributed by atoms with Gasteiger partial charge in [-0.1, -0.05) is 5.92 Å². The number of aromatic carboxylic acids is 1. The van der Waals surface area contributed by atoms with Crippen molar-refractivity contribution in [1.29, 1.82) is 0 Å². The second kappa shape index (κ2) is 4.14. The van der Waals surface area contributed by atoms with Crippen molar-refractivity contribution >= 4 is 11.9 Å². The molecule has 5 nitrogen and oxygen atoms in total. The van der Waals surface area contributed by atoms with Crippen molar-refractivity contribution in [3.63, 3.8) is 0 Å². The fourth-order valence-corrected chi connectivity index (χ4v) is 0.793. The van der Waals surface area contributed by atoms with Crippen LogP contribution in [0.1, 0.15) is 21.1 Å². The molecule has 5 heteroatoms. The molecular formula is C9H7NO4. The second-order valence-electron chi connectivity index (χ2n) is 2.36. The van der Waals surface area contributed by atoms with E-state index in [9.17, 15) is 9.59 Å². The van der Waals surface area contributed by atoms with Crippen molar-refractivity contribution in [2.45, 2.75) is 0 Å². The topological polar surface area (TPSA) is 79.5 Å². The Morgan fingerprint density at radius 2 is 2.14 bits per heavy atom. The molecule has 0 bridgehead atoms. The second-order valence-corrected chi connectivity index (χ2v) is 2.36. The summed E-state index contributed by atoms with van der Waals surface area (Å²) in [6.07, 6.45) is 4.92. The molecule has 1 amide bonds. The van der Waals surface area contributed by atoms with Crippen LogP contribution < -0.4 is 5.32 Å². The molecule has 1 aromatic heterocycles. The molecule has 0 atom stereocenters. The largest absolute Gasteiger partial charge is 0.475 e. The lowest BCUT2D eigenvalue weighted by Gasteiger charge is -1.95. The summed E-state index contributed by atoms with van der Waals surface area (Å²) in [6.45, 7) is 0.0714. The van der Waals surface area contributed by atoms with Gasteiger partial charge in [0.05, 0.1) is 6.54 Å². The first-order valence-corrected chi connectivity index (χ1v) is 3.70. The van der Waals surface area contributed by atoms with Gasteiger partial charge >= 0.3 is 5.97 Å². The third-order valence-corrected chi connectivity index (χ3v) is 1.39. The standard InChI is InChI=1S/C9H7NO4/c1-2-5-10-8(11)6-3-4-7(14-6)9(12)13/h1,3-4H,5H2,(H,10,11)(H,12,13). The Balaban J connectivity index is 2.72. The van der Waals surface area contributed by atoms with E-state index in [1.165, 1.54) is 12.1 Å². The number of terminal acetylenes is 1. The van der Waals surface area contributed by atoms with Crippen LogP contribution in [0, 0.1) is 12.3 Å². The van der Waals surface area contributed by atoms with Gasteiger partial charge in [0.15, 0.2) is 5.76 Å². The molecule has 0 aromatic carbocycles. The van der Waals surface area contributed by atoms with Crippen molar-refractivity contribution in [2.75, 3.05) is 6.54 Å². The summed E-state index contributed by atoms with van der Waals surface area (Å²) in [5.74, 6) is 0.101. The van der Waals surface area contributed by atoms with Gasteiger partial charge in [-0.2, -0.15) is 0 Å². The maximum Gasteiger partial charge on any atom is 0.371 e. The third-order valence-electron chi connectivity index (χ3n) is 1.39. The summed E-state index contributed by atoms with van der Waals surface area (Å²) in [6, 6.07) is 2.47. The number of carboxylic acids is 1. The summed E-state index contributed by atoms with van der Waals surface area (Å²) in [5, 5.41) is 10.8. The molecule has 0 unspecified atom stereocenters. The number of carboxylic acid groups (broad SMARTS) is 1. The highest BCUT2D eigenvalue weighted by Gasteiger charge is 2.13. The van der Waals surface area contributed by atoms with Gasteiger partial charge in [-0.05, 0) is 12.1 Å². The molecule has 1 heterocycles. The number of hydrogen-bond acceptors (Lipinski definition) is 3. The van der Waals surface area contributed by atoms with Gasteiger partial charge < -0.3 is 14.8 Å². The Hall–Kier alpha value is -2.22. The molecule has 0 aliphatic rings. The van der Waals surface area contributed by atoms with Gasteiger partial charge in [0.25, 0.3) is 5.91 Å². The van der Waals surface area contributed by atoms with Crippen LogP contribution in [0.15, 0.2) is 16.5 Å². The van der Waals surface area contributed by atoms with Gasteiger partial charge in [-0.25, -0.2) is 4.79 Å². The number of hydrogen-bond donors (Lipinski definition) is 2. The first-order chi connectivity index (χ1) is 6.65. The van der Waals surface area contributed by atoms with E-state index in [1.54, 1.807) is 0 Å². The fourth-order valence-electron chi connectivity index (χ4n) is 0.793. The van der Waals surface area contributed by atoms with Gasteiger partial charge in [0.1, 0.15) is 0 Å². The maximum absolute atomic E-state index is 11.1. The summed E-state index contributed by atoms with van der Waals surface area (Å²) >= 11 is 0. The predicted octanol–water partition coefficient (Wildman–Crippen LogP) is 0.341. The Kier molecular flexibility index (Phi) is 2.92. The highest BCUT2D eigenvalue weighted by Crippen LogP contribution is 2.07. The minimum absolute atomic E-state index is 0.0714. The van der Waals surface area contributed by atoms with Crippen LogP contribution in [0.5, 0.6) is 0 Å². The molecule has 1 aromatic rings. The zero-order valence-electron chi connectivity index (χ0n) is 7.11. The summed E-state index contributed by atoms with van der Waals surface area (Å²) in [5.41, 5.74) is 0. The van der Waals surface area contributed by atoms with E-state index in [0.717, 1.165) is 0 Å². The van der Waals surface area contributed by atoms with Gasteiger partial charge in [0, 0.05) is 0 Å². The molecule has 72 valence electrons. The lowest BCUT2D eigenvalue weighted by molar-refractivity contribution is 0.0659.